The minimum absolute atomic E-state index is 0.0187. The normalized spacial score (nSPS) is 12.8. The third-order valence-electron chi connectivity index (χ3n) is 3.89. The van der Waals surface area contributed by atoms with E-state index in [-0.39, 0.29) is 12.0 Å². The molecule has 5 nitrogen and oxygen atoms in total. The Kier molecular flexibility index (Phi) is 8.62. The Morgan fingerprint density at radius 3 is 2.50 bits per heavy atom. The van der Waals surface area contributed by atoms with Crippen LogP contribution in [0.3, 0.4) is 0 Å². The highest BCUT2D eigenvalue weighted by Gasteiger charge is 2.29. The summed E-state index contributed by atoms with van der Waals surface area (Å²) in [6.45, 7) is 12.3. The van der Waals surface area contributed by atoms with Crippen molar-refractivity contribution in [1.82, 2.24) is 0 Å². The molecule has 0 fully saturated rings. The van der Waals surface area contributed by atoms with E-state index in [2.05, 4.69) is 12.2 Å². The zero-order valence-electron chi connectivity index (χ0n) is 17.1. The van der Waals surface area contributed by atoms with E-state index < -0.39 is 5.60 Å². The Morgan fingerprint density at radius 1 is 1.19 bits per heavy atom. The van der Waals surface area contributed by atoms with Gasteiger partial charge >= 0.3 is 6.09 Å². The van der Waals surface area contributed by atoms with Crippen LogP contribution in [0.2, 0.25) is 0 Å². The van der Waals surface area contributed by atoms with Crippen LogP contribution >= 0.6 is 0 Å². The fraction of sp³-hybridized carbons (Fsp3) is 0.619. The zero-order valence-corrected chi connectivity index (χ0v) is 17.1. The number of amides is 2. The Morgan fingerprint density at radius 2 is 1.88 bits per heavy atom. The van der Waals surface area contributed by atoms with Gasteiger partial charge in [0, 0.05) is 18.7 Å². The smallest absolute Gasteiger partial charge is 0.414 e. The topological polar surface area (TPSA) is 58.6 Å². The van der Waals surface area contributed by atoms with Crippen molar-refractivity contribution >= 4 is 23.4 Å². The number of fused-ring (bicyclic) bond motifs is 1. The largest absolute Gasteiger partial charge is 0.443 e. The van der Waals surface area contributed by atoms with E-state index in [0.717, 1.165) is 42.6 Å². The molecule has 0 saturated carbocycles. The second kappa shape index (κ2) is 10.2. The zero-order chi connectivity index (χ0) is 19.7. The lowest BCUT2D eigenvalue weighted by Gasteiger charge is -2.25. The standard InChI is InChI=1S/C19H28N2O3.C2H6/c1-5-6-7-8-17(22)20-15-10-9-14-11-12-21(16(14)13-15)18(23)24-19(2,3)4;1-2/h9-10,13H,5-8,11-12H2,1-4H3,(H,20,22);1-2H3. The van der Waals surface area contributed by atoms with Crippen molar-refractivity contribution < 1.29 is 14.3 Å². The summed E-state index contributed by atoms with van der Waals surface area (Å²) in [5, 5.41) is 2.92. The number of benzene rings is 1. The van der Waals surface area contributed by atoms with Crippen LogP contribution in [0, 0.1) is 0 Å². The van der Waals surface area contributed by atoms with E-state index in [1.807, 2.05) is 52.8 Å². The number of hydrogen-bond donors (Lipinski definition) is 1. The molecule has 1 aromatic rings. The number of carbonyl (C=O) groups is 2. The molecule has 2 rings (SSSR count). The Labute approximate surface area is 158 Å². The molecule has 26 heavy (non-hydrogen) atoms. The second-order valence-corrected chi connectivity index (χ2v) is 7.23. The maximum atomic E-state index is 12.3. The number of hydrogen-bond acceptors (Lipinski definition) is 3. The van der Waals surface area contributed by atoms with Crippen LogP contribution in [0.25, 0.3) is 0 Å². The summed E-state index contributed by atoms with van der Waals surface area (Å²) in [4.78, 5) is 26.0. The Bertz CT molecular complexity index is 606. The van der Waals surface area contributed by atoms with Crippen molar-refractivity contribution in [2.75, 3.05) is 16.8 Å². The average molecular weight is 363 g/mol. The maximum absolute atomic E-state index is 12.3. The van der Waals surface area contributed by atoms with E-state index in [4.69, 9.17) is 4.74 Å². The number of unbranched alkanes of at least 4 members (excludes halogenated alkanes) is 2. The van der Waals surface area contributed by atoms with Crippen molar-refractivity contribution in [3.05, 3.63) is 23.8 Å². The van der Waals surface area contributed by atoms with Crippen molar-refractivity contribution in [1.29, 1.82) is 0 Å². The molecule has 2 amide bonds. The van der Waals surface area contributed by atoms with Gasteiger partial charge in [-0.3, -0.25) is 9.69 Å². The van der Waals surface area contributed by atoms with E-state index in [0.29, 0.717) is 13.0 Å². The third-order valence-corrected chi connectivity index (χ3v) is 3.89. The fourth-order valence-corrected chi connectivity index (χ4v) is 2.72. The summed E-state index contributed by atoms with van der Waals surface area (Å²) in [7, 11) is 0. The first kappa shape index (κ1) is 22.0. The first-order valence-corrected chi connectivity index (χ1v) is 9.73. The van der Waals surface area contributed by atoms with Gasteiger partial charge in [-0.15, -0.1) is 0 Å². The molecule has 0 unspecified atom stereocenters. The van der Waals surface area contributed by atoms with Crippen LogP contribution in [0.5, 0.6) is 0 Å². The van der Waals surface area contributed by atoms with Crippen molar-refractivity contribution in [3.63, 3.8) is 0 Å². The summed E-state index contributed by atoms with van der Waals surface area (Å²) in [5.41, 5.74) is 2.14. The van der Waals surface area contributed by atoms with Crippen molar-refractivity contribution in [2.45, 2.75) is 79.2 Å². The highest BCUT2D eigenvalue weighted by Crippen LogP contribution is 2.32. The average Bonchev–Trinajstić information content (AvgIpc) is 2.99. The SMILES string of the molecule is CC.CCCCCC(=O)Nc1ccc2c(c1)N(C(=O)OC(C)(C)C)CC2. The van der Waals surface area contributed by atoms with Gasteiger partial charge in [0.2, 0.25) is 5.91 Å². The summed E-state index contributed by atoms with van der Waals surface area (Å²) in [6.07, 6.45) is 4.05. The van der Waals surface area contributed by atoms with Crippen LogP contribution in [0.15, 0.2) is 18.2 Å². The number of rotatable bonds is 5. The molecule has 0 spiro atoms. The molecule has 0 aromatic heterocycles. The van der Waals surface area contributed by atoms with Gasteiger partial charge in [0.25, 0.3) is 0 Å². The van der Waals surface area contributed by atoms with E-state index >= 15 is 0 Å². The van der Waals surface area contributed by atoms with Gasteiger partial charge in [-0.2, -0.15) is 0 Å². The van der Waals surface area contributed by atoms with Gasteiger partial charge in [-0.1, -0.05) is 39.7 Å². The summed E-state index contributed by atoms with van der Waals surface area (Å²) in [6, 6.07) is 5.74. The molecule has 0 radical (unpaired) electrons. The summed E-state index contributed by atoms with van der Waals surface area (Å²) in [5.74, 6) is 0.0187. The molecule has 0 aliphatic carbocycles. The molecule has 1 N–H and O–H groups in total. The first-order valence-electron chi connectivity index (χ1n) is 9.73. The lowest BCUT2D eigenvalue weighted by atomic mass is 10.1. The molecule has 1 aliphatic rings. The lowest BCUT2D eigenvalue weighted by Crippen LogP contribution is -2.35. The van der Waals surface area contributed by atoms with Crippen LogP contribution < -0.4 is 10.2 Å². The van der Waals surface area contributed by atoms with Crippen LogP contribution in [0.4, 0.5) is 16.2 Å². The lowest BCUT2D eigenvalue weighted by molar-refractivity contribution is -0.116. The molecule has 1 aliphatic heterocycles. The molecule has 1 heterocycles. The molecule has 5 heteroatoms. The first-order chi connectivity index (χ1) is 12.3. The van der Waals surface area contributed by atoms with Crippen molar-refractivity contribution in [3.8, 4) is 0 Å². The quantitative estimate of drug-likeness (QED) is 0.701. The molecule has 146 valence electrons. The minimum atomic E-state index is -0.523. The number of nitrogens with zero attached hydrogens (tertiary/aromatic N) is 1. The third kappa shape index (κ3) is 6.70. The number of anilines is 2. The fourth-order valence-electron chi connectivity index (χ4n) is 2.72. The number of nitrogens with one attached hydrogen (secondary N) is 1. The van der Waals surface area contributed by atoms with E-state index in [1.54, 1.807) is 4.90 Å². The van der Waals surface area contributed by atoms with E-state index in [1.165, 1.54) is 0 Å². The summed E-state index contributed by atoms with van der Waals surface area (Å²) >= 11 is 0. The van der Waals surface area contributed by atoms with Crippen LogP contribution in [0.1, 0.15) is 72.8 Å². The van der Waals surface area contributed by atoms with E-state index in [9.17, 15) is 9.59 Å². The molecular formula is C21H34N2O3. The monoisotopic (exact) mass is 362 g/mol. The Hall–Kier alpha value is -2.04. The number of ether oxygens (including phenoxy) is 1. The van der Waals surface area contributed by atoms with Gasteiger partial charge in [0.1, 0.15) is 5.60 Å². The highest BCUT2D eigenvalue weighted by molar-refractivity contribution is 5.94. The molecular weight excluding hydrogens is 328 g/mol. The van der Waals surface area contributed by atoms with Crippen molar-refractivity contribution in [2.24, 2.45) is 0 Å². The highest BCUT2D eigenvalue weighted by atomic mass is 16.6. The predicted molar refractivity (Wildman–Crippen MR) is 108 cm³/mol. The maximum Gasteiger partial charge on any atom is 0.414 e. The number of carbonyl (C=O) groups excluding carboxylic acids is 2. The van der Waals surface area contributed by atoms with Crippen LogP contribution in [-0.2, 0) is 16.0 Å². The minimum Gasteiger partial charge on any atom is -0.443 e. The Balaban J connectivity index is 0.00000163. The van der Waals surface area contributed by atoms with Gasteiger partial charge < -0.3 is 10.1 Å². The second-order valence-electron chi connectivity index (χ2n) is 7.23. The summed E-state index contributed by atoms with van der Waals surface area (Å²) < 4.78 is 5.46. The van der Waals surface area contributed by atoms with Gasteiger partial charge in [0.15, 0.2) is 0 Å². The van der Waals surface area contributed by atoms with Gasteiger partial charge in [-0.05, 0) is 51.3 Å². The predicted octanol–water partition coefficient (Wildman–Crippen LogP) is 5.53. The molecule has 0 bridgehead atoms. The molecule has 0 saturated heterocycles. The molecule has 0 atom stereocenters. The van der Waals surface area contributed by atoms with Gasteiger partial charge in [-0.25, -0.2) is 4.79 Å². The van der Waals surface area contributed by atoms with Gasteiger partial charge in [0.05, 0.1) is 5.69 Å². The van der Waals surface area contributed by atoms with Crippen LogP contribution in [-0.4, -0.2) is 24.1 Å². The molecule has 1 aromatic carbocycles.